The Morgan fingerprint density at radius 2 is 2.00 bits per heavy atom. The quantitative estimate of drug-likeness (QED) is 0.726. The lowest BCUT2D eigenvalue weighted by atomic mass is 9.93. The zero-order chi connectivity index (χ0) is 9.47. The molecule has 1 saturated heterocycles. The summed E-state index contributed by atoms with van der Waals surface area (Å²) in [4.78, 5) is 0. The van der Waals surface area contributed by atoms with Crippen LogP contribution in [0.3, 0.4) is 0 Å². The highest BCUT2D eigenvalue weighted by molar-refractivity contribution is 7.93. The summed E-state index contributed by atoms with van der Waals surface area (Å²) >= 11 is 0. The Bertz CT molecular complexity index is 282. The molecule has 2 aliphatic rings. The van der Waals surface area contributed by atoms with E-state index in [4.69, 9.17) is 5.73 Å². The van der Waals surface area contributed by atoms with Gasteiger partial charge in [-0.2, -0.15) is 0 Å². The molecule has 0 bridgehead atoms. The summed E-state index contributed by atoms with van der Waals surface area (Å²) in [6.07, 6.45) is 4.21. The summed E-state index contributed by atoms with van der Waals surface area (Å²) in [7, 11) is -2.70. The van der Waals surface area contributed by atoms with Crippen molar-refractivity contribution in [3.05, 3.63) is 0 Å². The Hall–Kier alpha value is -0.0900. The molecular formula is C9H17NO2S. The third-order valence-corrected chi connectivity index (χ3v) is 5.67. The minimum Gasteiger partial charge on any atom is -0.330 e. The number of rotatable bonds is 4. The summed E-state index contributed by atoms with van der Waals surface area (Å²) in [6, 6.07) is 0. The number of hydrogen-bond acceptors (Lipinski definition) is 3. The van der Waals surface area contributed by atoms with E-state index >= 15 is 0 Å². The molecule has 0 amide bonds. The number of sulfone groups is 1. The van der Waals surface area contributed by atoms with Gasteiger partial charge in [0.15, 0.2) is 9.84 Å². The first-order valence-corrected chi connectivity index (χ1v) is 6.78. The SMILES string of the molecule is NCCC(C1CC1)C1CCS1(=O)=O. The molecule has 76 valence electrons. The lowest BCUT2D eigenvalue weighted by molar-refractivity contribution is 0.376. The summed E-state index contributed by atoms with van der Waals surface area (Å²) in [6.45, 7) is 0.632. The summed E-state index contributed by atoms with van der Waals surface area (Å²) in [5.74, 6) is 1.46. The van der Waals surface area contributed by atoms with Crippen LogP contribution in [-0.2, 0) is 9.84 Å². The molecule has 4 heteroatoms. The average molecular weight is 203 g/mol. The highest BCUT2D eigenvalue weighted by Gasteiger charge is 2.46. The van der Waals surface area contributed by atoms with Crippen LogP contribution in [0.15, 0.2) is 0 Å². The topological polar surface area (TPSA) is 60.2 Å². The van der Waals surface area contributed by atoms with Crippen LogP contribution < -0.4 is 5.73 Å². The van der Waals surface area contributed by atoms with Gasteiger partial charge in [0.2, 0.25) is 0 Å². The van der Waals surface area contributed by atoms with Crippen LogP contribution in [0.25, 0.3) is 0 Å². The molecule has 2 fully saturated rings. The predicted octanol–water partition coefficient (Wildman–Crippen LogP) is 0.549. The summed E-state index contributed by atoms with van der Waals surface area (Å²) in [5.41, 5.74) is 5.51. The zero-order valence-electron chi connectivity index (χ0n) is 7.78. The molecule has 1 aliphatic heterocycles. The number of nitrogens with two attached hydrogens (primary N) is 1. The fourth-order valence-corrected chi connectivity index (χ4v) is 4.15. The van der Waals surface area contributed by atoms with Crippen molar-refractivity contribution in [3.8, 4) is 0 Å². The Labute approximate surface area is 79.6 Å². The third kappa shape index (κ3) is 1.74. The van der Waals surface area contributed by atoms with Gasteiger partial charge in [-0.3, -0.25) is 0 Å². The van der Waals surface area contributed by atoms with Gasteiger partial charge in [0, 0.05) is 0 Å². The van der Waals surface area contributed by atoms with Gasteiger partial charge in [-0.05, 0) is 44.1 Å². The molecule has 1 saturated carbocycles. The van der Waals surface area contributed by atoms with E-state index in [1.54, 1.807) is 0 Å². The molecule has 3 nitrogen and oxygen atoms in total. The Kier molecular flexibility index (Phi) is 2.36. The van der Waals surface area contributed by atoms with E-state index in [9.17, 15) is 8.42 Å². The summed E-state index contributed by atoms with van der Waals surface area (Å²) < 4.78 is 22.9. The fourth-order valence-electron chi connectivity index (χ4n) is 2.37. The van der Waals surface area contributed by atoms with Crippen LogP contribution in [0.5, 0.6) is 0 Å². The van der Waals surface area contributed by atoms with E-state index < -0.39 is 9.84 Å². The second-order valence-electron chi connectivity index (χ2n) is 4.27. The molecule has 1 heterocycles. The molecule has 0 aromatic rings. The highest BCUT2D eigenvalue weighted by atomic mass is 32.2. The molecule has 0 radical (unpaired) electrons. The van der Waals surface area contributed by atoms with Crippen molar-refractivity contribution in [1.29, 1.82) is 0 Å². The first-order chi connectivity index (χ1) is 6.15. The van der Waals surface area contributed by atoms with Gasteiger partial charge in [0.25, 0.3) is 0 Å². The largest absolute Gasteiger partial charge is 0.330 e. The van der Waals surface area contributed by atoms with E-state index in [0.29, 0.717) is 24.1 Å². The maximum atomic E-state index is 11.4. The Balaban J connectivity index is 2.03. The van der Waals surface area contributed by atoms with Gasteiger partial charge < -0.3 is 5.73 Å². The molecule has 0 spiro atoms. The van der Waals surface area contributed by atoms with Crippen molar-refractivity contribution in [2.24, 2.45) is 17.6 Å². The van der Waals surface area contributed by atoms with Crippen molar-refractivity contribution in [2.45, 2.75) is 30.9 Å². The van der Waals surface area contributed by atoms with E-state index in [2.05, 4.69) is 0 Å². The first kappa shape index (κ1) is 9.46. The second kappa shape index (κ2) is 3.24. The Morgan fingerprint density at radius 1 is 1.31 bits per heavy atom. The molecule has 2 rings (SSSR count). The number of hydrogen-bond donors (Lipinski definition) is 1. The monoisotopic (exact) mass is 203 g/mol. The molecule has 0 aromatic carbocycles. The van der Waals surface area contributed by atoms with Crippen LogP contribution in [0.2, 0.25) is 0 Å². The van der Waals surface area contributed by atoms with Gasteiger partial charge in [0.05, 0.1) is 11.0 Å². The van der Waals surface area contributed by atoms with E-state index in [1.807, 2.05) is 0 Å². The van der Waals surface area contributed by atoms with Crippen molar-refractivity contribution < 1.29 is 8.42 Å². The standard InChI is InChI=1S/C9H17NO2S/c10-5-3-8(7-1-2-7)9-4-6-13(9,11)12/h7-9H,1-6,10H2. The molecule has 2 atom stereocenters. The van der Waals surface area contributed by atoms with Crippen molar-refractivity contribution >= 4 is 9.84 Å². The van der Waals surface area contributed by atoms with Crippen LogP contribution >= 0.6 is 0 Å². The van der Waals surface area contributed by atoms with Crippen LogP contribution in [-0.4, -0.2) is 26.0 Å². The Morgan fingerprint density at radius 3 is 2.31 bits per heavy atom. The van der Waals surface area contributed by atoms with Crippen molar-refractivity contribution in [3.63, 3.8) is 0 Å². The average Bonchev–Trinajstić information content (AvgIpc) is 2.84. The van der Waals surface area contributed by atoms with Crippen LogP contribution in [0.1, 0.15) is 25.7 Å². The third-order valence-electron chi connectivity index (χ3n) is 3.35. The normalized spacial score (nSPS) is 33.8. The minimum atomic E-state index is -2.70. The van der Waals surface area contributed by atoms with Gasteiger partial charge in [-0.25, -0.2) is 8.42 Å². The van der Waals surface area contributed by atoms with E-state index in [-0.39, 0.29) is 5.25 Å². The molecule has 1 aliphatic carbocycles. The predicted molar refractivity (Wildman–Crippen MR) is 52.1 cm³/mol. The van der Waals surface area contributed by atoms with Crippen molar-refractivity contribution in [1.82, 2.24) is 0 Å². The van der Waals surface area contributed by atoms with Crippen molar-refractivity contribution in [2.75, 3.05) is 12.3 Å². The first-order valence-electron chi connectivity index (χ1n) is 5.07. The van der Waals surface area contributed by atoms with Gasteiger partial charge in [-0.1, -0.05) is 0 Å². The van der Waals surface area contributed by atoms with Crippen LogP contribution in [0, 0.1) is 11.8 Å². The molecule has 2 N–H and O–H groups in total. The van der Waals surface area contributed by atoms with E-state index in [0.717, 1.165) is 12.8 Å². The van der Waals surface area contributed by atoms with Crippen LogP contribution in [0.4, 0.5) is 0 Å². The van der Waals surface area contributed by atoms with Gasteiger partial charge in [-0.15, -0.1) is 0 Å². The lowest BCUT2D eigenvalue weighted by Gasteiger charge is -2.33. The smallest absolute Gasteiger partial charge is 0.153 e. The fraction of sp³-hybridized carbons (Fsp3) is 1.00. The molecular weight excluding hydrogens is 186 g/mol. The van der Waals surface area contributed by atoms with Gasteiger partial charge >= 0.3 is 0 Å². The van der Waals surface area contributed by atoms with Gasteiger partial charge in [0.1, 0.15) is 0 Å². The minimum absolute atomic E-state index is 0.0384. The lowest BCUT2D eigenvalue weighted by Crippen LogP contribution is -2.43. The second-order valence-corrected chi connectivity index (χ2v) is 6.61. The zero-order valence-corrected chi connectivity index (χ0v) is 8.59. The molecule has 13 heavy (non-hydrogen) atoms. The maximum Gasteiger partial charge on any atom is 0.153 e. The van der Waals surface area contributed by atoms with E-state index in [1.165, 1.54) is 12.8 Å². The highest BCUT2D eigenvalue weighted by Crippen LogP contribution is 2.45. The maximum absolute atomic E-state index is 11.4. The molecule has 0 aromatic heterocycles. The molecule has 2 unspecified atom stereocenters. The summed E-state index contributed by atoms with van der Waals surface area (Å²) in [5, 5.41) is -0.0384.